The fourth-order valence-electron chi connectivity index (χ4n) is 2.26. The van der Waals surface area contributed by atoms with E-state index in [1.54, 1.807) is 24.8 Å². The fourth-order valence-corrected chi connectivity index (χ4v) is 4.18. The summed E-state index contributed by atoms with van der Waals surface area (Å²) in [6, 6.07) is 7.26. The Kier molecular flexibility index (Phi) is 5.01. The van der Waals surface area contributed by atoms with Crippen LogP contribution in [0.1, 0.15) is 10.4 Å². The van der Waals surface area contributed by atoms with Crippen molar-refractivity contribution in [3.05, 3.63) is 41.0 Å². The molecule has 0 atom stereocenters. The lowest BCUT2D eigenvalue weighted by Crippen LogP contribution is -2.14. The number of hydrogen-bond donors (Lipinski definition) is 1. The van der Waals surface area contributed by atoms with Gasteiger partial charge >= 0.3 is 0 Å². The second-order valence-corrected chi connectivity index (χ2v) is 7.37. The third kappa shape index (κ3) is 3.52. The maximum absolute atomic E-state index is 12.2. The largest absolute Gasteiger partial charge is 0.497 e. The molecule has 5 nitrogen and oxygen atoms in total. The van der Waals surface area contributed by atoms with E-state index in [9.17, 15) is 4.79 Å². The first-order valence-corrected chi connectivity index (χ1v) is 9.16. The summed E-state index contributed by atoms with van der Waals surface area (Å²) in [5.74, 6) is 0.988. The molecule has 0 aliphatic carbocycles. The van der Waals surface area contributed by atoms with Crippen LogP contribution in [0.4, 0.5) is 5.69 Å². The molecule has 1 N–H and O–H groups in total. The van der Waals surface area contributed by atoms with Crippen molar-refractivity contribution < 1.29 is 9.53 Å². The molecule has 0 saturated carbocycles. The van der Waals surface area contributed by atoms with Crippen LogP contribution in [-0.4, -0.2) is 28.7 Å². The molecule has 24 heavy (non-hydrogen) atoms. The highest BCUT2D eigenvalue weighted by Gasteiger charge is 2.13. The maximum atomic E-state index is 12.2. The van der Waals surface area contributed by atoms with Crippen molar-refractivity contribution in [1.82, 2.24) is 9.97 Å². The molecule has 1 amide bonds. The van der Waals surface area contributed by atoms with E-state index in [0.29, 0.717) is 5.75 Å². The average molecular weight is 359 g/mol. The number of benzene rings is 1. The van der Waals surface area contributed by atoms with Gasteiger partial charge in [-0.3, -0.25) is 4.79 Å². The molecular formula is C17H17N3O2S2. The molecule has 3 aromatic rings. The summed E-state index contributed by atoms with van der Waals surface area (Å²) in [4.78, 5) is 23.0. The normalized spacial score (nSPS) is 10.8. The molecular weight excluding hydrogens is 342 g/mol. The molecule has 2 heterocycles. The Labute approximate surface area is 148 Å². The molecule has 0 fully saturated rings. The van der Waals surface area contributed by atoms with Crippen LogP contribution in [-0.2, 0) is 4.79 Å². The number of rotatable bonds is 5. The number of nitrogens with one attached hydrogen (secondary N) is 1. The van der Waals surface area contributed by atoms with E-state index in [-0.39, 0.29) is 5.91 Å². The van der Waals surface area contributed by atoms with Crippen LogP contribution in [0.5, 0.6) is 5.75 Å². The first-order valence-electron chi connectivity index (χ1n) is 7.36. The van der Waals surface area contributed by atoms with Crippen LogP contribution in [0.15, 0.2) is 35.6 Å². The minimum atomic E-state index is -0.0680. The molecule has 2 aromatic heterocycles. The smallest absolute Gasteiger partial charge is 0.234 e. The van der Waals surface area contributed by atoms with Crippen LogP contribution in [0.3, 0.4) is 0 Å². The molecule has 0 spiro atoms. The standard InChI is InChI=1S/C17H17N3O2S2/c1-10-11(2)24-17-15(10)16(18-9-19-17)23-8-14(21)20-12-4-6-13(22-3)7-5-12/h4-7,9H,8H2,1-3H3,(H,20,21). The van der Waals surface area contributed by atoms with Crippen molar-refractivity contribution in [2.45, 2.75) is 18.9 Å². The Hall–Kier alpha value is -2.12. The zero-order valence-corrected chi connectivity index (χ0v) is 15.3. The van der Waals surface area contributed by atoms with E-state index >= 15 is 0 Å². The first-order chi connectivity index (χ1) is 11.6. The molecule has 0 bridgehead atoms. The molecule has 124 valence electrons. The number of carbonyl (C=O) groups is 1. The highest BCUT2D eigenvalue weighted by Crippen LogP contribution is 2.34. The molecule has 0 unspecified atom stereocenters. The highest BCUT2D eigenvalue weighted by atomic mass is 32.2. The lowest BCUT2D eigenvalue weighted by atomic mass is 10.2. The van der Waals surface area contributed by atoms with Gasteiger partial charge in [0, 0.05) is 16.0 Å². The number of aromatic nitrogens is 2. The quantitative estimate of drug-likeness (QED) is 0.550. The molecule has 0 radical (unpaired) electrons. The predicted molar refractivity (Wildman–Crippen MR) is 99.2 cm³/mol. The van der Waals surface area contributed by atoms with Crippen molar-refractivity contribution in [3.63, 3.8) is 0 Å². The number of methoxy groups -OCH3 is 1. The van der Waals surface area contributed by atoms with Crippen molar-refractivity contribution in [3.8, 4) is 5.75 Å². The van der Waals surface area contributed by atoms with Gasteiger partial charge < -0.3 is 10.1 Å². The van der Waals surface area contributed by atoms with Gasteiger partial charge in [-0.1, -0.05) is 11.8 Å². The van der Waals surface area contributed by atoms with Gasteiger partial charge in [-0.25, -0.2) is 9.97 Å². The Morgan fingerprint density at radius 2 is 2.00 bits per heavy atom. The van der Waals surface area contributed by atoms with E-state index in [2.05, 4.69) is 29.1 Å². The lowest BCUT2D eigenvalue weighted by Gasteiger charge is -2.06. The van der Waals surface area contributed by atoms with E-state index in [1.165, 1.54) is 22.2 Å². The van der Waals surface area contributed by atoms with Crippen LogP contribution < -0.4 is 10.1 Å². The zero-order chi connectivity index (χ0) is 17.1. The summed E-state index contributed by atoms with van der Waals surface area (Å²) in [7, 11) is 1.61. The molecule has 0 aliphatic heterocycles. The maximum Gasteiger partial charge on any atom is 0.234 e. The van der Waals surface area contributed by atoms with E-state index in [1.807, 2.05) is 24.3 Å². The molecule has 0 aliphatic rings. The SMILES string of the molecule is COc1ccc(NC(=O)CSc2ncnc3sc(C)c(C)c23)cc1. The van der Waals surface area contributed by atoms with Gasteiger partial charge in [-0.05, 0) is 43.7 Å². The number of aryl methyl sites for hydroxylation is 2. The van der Waals surface area contributed by atoms with Gasteiger partial charge in [0.15, 0.2) is 0 Å². The number of ether oxygens (including phenoxy) is 1. The average Bonchev–Trinajstić information content (AvgIpc) is 2.89. The minimum absolute atomic E-state index is 0.0680. The van der Waals surface area contributed by atoms with Crippen molar-refractivity contribution in [2.24, 2.45) is 0 Å². The van der Waals surface area contributed by atoms with Gasteiger partial charge in [0.25, 0.3) is 0 Å². The number of hydrogen-bond acceptors (Lipinski definition) is 6. The van der Waals surface area contributed by atoms with E-state index in [4.69, 9.17) is 4.74 Å². The number of carbonyl (C=O) groups excluding carboxylic acids is 1. The summed E-state index contributed by atoms with van der Waals surface area (Å²) >= 11 is 3.09. The summed E-state index contributed by atoms with van der Waals surface area (Å²) in [5, 5.41) is 4.79. The Bertz CT molecular complexity index is 875. The second kappa shape index (κ2) is 7.19. The van der Waals surface area contributed by atoms with Gasteiger partial charge in [0.05, 0.1) is 12.9 Å². The van der Waals surface area contributed by atoms with Crippen LogP contribution in [0, 0.1) is 13.8 Å². The third-order valence-corrected chi connectivity index (χ3v) is 5.75. The van der Waals surface area contributed by atoms with E-state index < -0.39 is 0 Å². The molecule has 1 aromatic carbocycles. The van der Waals surface area contributed by atoms with Crippen LogP contribution >= 0.6 is 23.1 Å². The van der Waals surface area contributed by atoms with Gasteiger partial charge in [-0.15, -0.1) is 11.3 Å². The van der Waals surface area contributed by atoms with E-state index in [0.717, 1.165) is 26.7 Å². The number of amides is 1. The summed E-state index contributed by atoms with van der Waals surface area (Å²) in [6.07, 6.45) is 1.56. The monoisotopic (exact) mass is 359 g/mol. The second-order valence-electron chi connectivity index (χ2n) is 5.21. The Balaban J connectivity index is 1.68. The van der Waals surface area contributed by atoms with Crippen LogP contribution in [0.25, 0.3) is 10.2 Å². The minimum Gasteiger partial charge on any atom is -0.497 e. The van der Waals surface area contributed by atoms with Gasteiger partial charge in [-0.2, -0.15) is 0 Å². The molecule has 3 rings (SSSR count). The number of anilines is 1. The Morgan fingerprint density at radius 1 is 1.25 bits per heavy atom. The van der Waals surface area contributed by atoms with Crippen LogP contribution in [0.2, 0.25) is 0 Å². The number of thiophene rings is 1. The van der Waals surface area contributed by atoms with Gasteiger partial charge in [0.1, 0.15) is 21.9 Å². The predicted octanol–water partition coefficient (Wildman–Crippen LogP) is 4.05. The number of thioether (sulfide) groups is 1. The summed E-state index contributed by atoms with van der Waals surface area (Å²) in [6.45, 7) is 4.14. The van der Waals surface area contributed by atoms with Gasteiger partial charge in [0.2, 0.25) is 5.91 Å². The van der Waals surface area contributed by atoms with Crippen molar-refractivity contribution >= 4 is 44.9 Å². The lowest BCUT2D eigenvalue weighted by molar-refractivity contribution is -0.113. The Morgan fingerprint density at radius 3 is 2.71 bits per heavy atom. The van der Waals surface area contributed by atoms with Crippen molar-refractivity contribution in [1.29, 1.82) is 0 Å². The number of fused-ring (bicyclic) bond motifs is 1. The fraction of sp³-hybridized carbons (Fsp3) is 0.235. The topological polar surface area (TPSA) is 64.1 Å². The number of nitrogens with zero attached hydrogens (tertiary/aromatic N) is 2. The summed E-state index contributed by atoms with van der Waals surface area (Å²) in [5.41, 5.74) is 1.94. The first kappa shape index (κ1) is 16.7. The third-order valence-electron chi connectivity index (χ3n) is 3.64. The molecule has 7 heteroatoms. The summed E-state index contributed by atoms with van der Waals surface area (Å²) < 4.78 is 5.10. The van der Waals surface area contributed by atoms with Crippen molar-refractivity contribution in [2.75, 3.05) is 18.2 Å². The highest BCUT2D eigenvalue weighted by molar-refractivity contribution is 8.00. The zero-order valence-electron chi connectivity index (χ0n) is 13.6. The molecule has 0 saturated heterocycles.